The highest BCUT2D eigenvalue weighted by Crippen LogP contribution is 2.19. The third-order valence-corrected chi connectivity index (χ3v) is 6.82. The maximum Gasteiger partial charge on any atom is 0.310 e. The summed E-state index contributed by atoms with van der Waals surface area (Å²) in [6.07, 6.45) is 1.70. The number of rotatable bonds is 6. The number of carbonyl (C=O) groups is 1. The van der Waals surface area contributed by atoms with E-state index in [-0.39, 0.29) is 24.2 Å². The predicted octanol–water partition coefficient (Wildman–Crippen LogP) is 1.44. The molecule has 1 saturated heterocycles. The molecule has 8 heteroatoms. The largest absolute Gasteiger partial charge is 0.466 e. The first-order valence-electron chi connectivity index (χ1n) is 9.04. The maximum atomic E-state index is 12.2. The maximum absolute atomic E-state index is 12.2. The van der Waals surface area contributed by atoms with Gasteiger partial charge in [0, 0.05) is 19.6 Å². The van der Waals surface area contributed by atoms with Crippen LogP contribution in [0.3, 0.4) is 0 Å². The van der Waals surface area contributed by atoms with Crippen molar-refractivity contribution < 1.29 is 17.9 Å². The van der Waals surface area contributed by atoms with Gasteiger partial charge in [-0.2, -0.15) is 0 Å². The van der Waals surface area contributed by atoms with Gasteiger partial charge in [0.15, 0.2) is 15.8 Å². The lowest BCUT2D eigenvalue weighted by atomic mass is 9.98. The molecule has 0 aliphatic carbocycles. The molecule has 1 heterocycles. The second-order valence-electron chi connectivity index (χ2n) is 7.20. The summed E-state index contributed by atoms with van der Waals surface area (Å²) in [6, 6.07) is 0. The van der Waals surface area contributed by atoms with Crippen molar-refractivity contribution in [3.63, 3.8) is 0 Å². The summed E-state index contributed by atoms with van der Waals surface area (Å²) in [4.78, 5) is 18.5. The van der Waals surface area contributed by atoms with Crippen LogP contribution in [0.1, 0.15) is 47.5 Å². The van der Waals surface area contributed by atoms with Gasteiger partial charge in [-0.1, -0.05) is 0 Å². The number of hydrogen-bond acceptors (Lipinski definition) is 5. The van der Waals surface area contributed by atoms with Crippen LogP contribution in [0.15, 0.2) is 4.99 Å². The zero-order valence-electron chi connectivity index (χ0n) is 16.2. The van der Waals surface area contributed by atoms with Crippen molar-refractivity contribution in [1.82, 2.24) is 10.2 Å². The fourth-order valence-electron chi connectivity index (χ4n) is 2.63. The topological polar surface area (TPSA) is 88.1 Å². The number of likely N-dealkylation sites (tertiary alicyclic amines) is 1. The van der Waals surface area contributed by atoms with E-state index in [2.05, 4.69) is 10.3 Å². The van der Waals surface area contributed by atoms with Gasteiger partial charge in [-0.25, -0.2) is 8.42 Å². The second kappa shape index (κ2) is 9.40. The van der Waals surface area contributed by atoms with Crippen LogP contribution in [0.25, 0.3) is 0 Å². The van der Waals surface area contributed by atoms with Gasteiger partial charge < -0.3 is 15.0 Å². The van der Waals surface area contributed by atoms with E-state index in [4.69, 9.17) is 4.74 Å². The number of nitrogens with one attached hydrogen (secondary N) is 1. The summed E-state index contributed by atoms with van der Waals surface area (Å²) in [5.41, 5.74) is 0. The Kier molecular flexibility index (Phi) is 8.18. The number of guanidine groups is 1. The first-order chi connectivity index (χ1) is 11.6. The molecule has 0 aromatic carbocycles. The number of ether oxygens (including phenoxy) is 1. The van der Waals surface area contributed by atoms with E-state index in [1.165, 1.54) is 0 Å². The lowest BCUT2D eigenvalue weighted by molar-refractivity contribution is -0.149. The molecule has 0 aromatic rings. The lowest BCUT2D eigenvalue weighted by Crippen LogP contribution is -2.48. The summed E-state index contributed by atoms with van der Waals surface area (Å²) >= 11 is 0. The summed E-state index contributed by atoms with van der Waals surface area (Å²) in [6.45, 7) is 11.5. The smallest absolute Gasteiger partial charge is 0.310 e. The molecule has 25 heavy (non-hydrogen) atoms. The van der Waals surface area contributed by atoms with Gasteiger partial charge in [-0.15, -0.1) is 0 Å². The Labute approximate surface area is 152 Å². The van der Waals surface area contributed by atoms with E-state index < -0.39 is 14.6 Å². The van der Waals surface area contributed by atoms with Crippen molar-refractivity contribution in [1.29, 1.82) is 0 Å². The van der Waals surface area contributed by atoms with Crippen molar-refractivity contribution in [2.45, 2.75) is 52.2 Å². The third kappa shape index (κ3) is 6.49. The number of carbonyl (C=O) groups excluding carboxylic acids is 1. The van der Waals surface area contributed by atoms with Gasteiger partial charge in [0.2, 0.25) is 0 Å². The molecule has 1 N–H and O–H groups in total. The van der Waals surface area contributed by atoms with Crippen LogP contribution in [-0.4, -0.2) is 68.5 Å². The molecule has 0 spiro atoms. The van der Waals surface area contributed by atoms with Crippen molar-refractivity contribution in [3.05, 3.63) is 0 Å². The molecule has 1 rings (SSSR count). The highest BCUT2D eigenvalue weighted by Gasteiger charge is 2.30. The molecule has 1 atom stereocenters. The summed E-state index contributed by atoms with van der Waals surface area (Å²) in [5.74, 6) is 0.357. The molecular weight excluding hydrogens is 342 g/mol. The van der Waals surface area contributed by atoms with E-state index in [0.29, 0.717) is 25.7 Å². The first kappa shape index (κ1) is 21.7. The SMILES string of the molecule is CCNC(=NCCS(=O)(=O)C(C)(C)C)N1CCCC(C(=O)OCC)C1. The first-order valence-corrected chi connectivity index (χ1v) is 10.7. The minimum atomic E-state index is -3.20. The molecule has 1 fully saturated rings. The predicted molar refractivity (Wildman–Crippen MR) is 100 cm³/mol. The van der Waals surface area contributed by atoms with E-state index >= 15 is 0 Å². The van der Waals surface area contributed by atoms with Crippen LogP contribution >= 0.6 is 0 Å². The Morgan fingerprint density at radius 3 is 2.56 bits per heavy atom. The van der Waals surface area contributed by atoms with E-state index in [9.17, 15) is 13.2 Å². The number of sulfone groups is 1. The number of nitrogens with zero attached hydrogens (tertiary/aromatic N) is 2. The minimum absolute atomic E-state index is 0.0144. The number of aliphatic imine (C=N–C) groups is 1. The van der Waals surface area contributed by atoms with Gasteiger partial charge >= 0.3 is 5.97 Å². The molecule has 146 valence electrons. The quantitative estimate of drug-likeness (QED) is 0.429. The summed E-state index contributed by atoms with van der Waals surface area (Å²) < 4.78 is 28.8. The van der Waals surface area contributed by atoms with Crippen molar-refractivity contribution in [3.8, 4) is 0 Å². The Balaban J connectivity index is 2.76. The Morgan fingerprint density at radius 1 is 1.32 bits per heavy atom. The van der Waals surface area contributed by atoms with Crippen molar-refractivity contribution in [2.75, 3.05) is 38.5 Å². The lowest BCUT2D eigenvalue weighted by Gasteiger charge is -2.34. The summed E-state index contributed by atoms with van der Waals surface area (Å²) in [5, 5.41) is 3.20. The van der Waals surface area contributed by atoms with Crippen LogP contribution in [0, 0.1) is 5.92 Å². The molecule has 1 unspecified atom stereocenters. The third-order valence-electron chi connectivity index (χ3n) is 4.23. The fraction of sp³-hybridized carbons (Fsp3) is 0.882. The van der Waals surface area contributed by atoms with Crippen molar-refractivity contribution in [2.24, 2.45) is 10.9 Å². The monoisotopic (exact) mass is 375 g/mol. The van der Waals surface area contributed by atoms with Gasteiger partial charge in [-0.05, 0) is 47.5 Å². The van der Waals surface area contributed by atoms with E-state index in [0.717, 1.165) is 19.4 Å². The normalized spacial score (nSPS) is 19.6. The molecule has 1 aliphatic rings. The van der Waals surface area contributed by atoms with Gasteiger partial charge in [0.1, 0.15) is 0 Å². The zero-order chi connectivity index (χ0) is 19.1. The van der Waals surface area contributed by atoms with E-state index in [1.807, 2.05) is 11.8 Å². The zero-order valence-corrected chi connectivity index (χ0v) is 17.0. The molecular formula is C17H33N3O4S. The van der Waals surface area contributed by atoms with Crippen LogP contribution in [0.5, 0.6) is 0 Å². The van der Waals surface area contributed by atoms with Gasteiger partial charge in [0.05, 0.1) is 29.6 Å². The van der Waals surface area contributed by atoms with Crippen LogP contribution in [0.4, 0.5) is 0 Å². The molecule has 0 radical (unpaired) electrons. The van der Waals surface area contributed by atoms with Crippen LogP contribution < -0.4 is 5.32 Å². The number of piperidine rings is 1. The van der Waals surface area contributed by atoms with Crippen LogP contribution in [0.2, 0.25) is 0 Å². The highest BCUT2D eigenvalue weighted by molar-refractivity contribution is 7.92. The van der Waals surface area contributed by atoms with E-state index in [1.54, 1.807) is 27.7 Å². The standard InChI is InChI=1S/C17H33N3O4S/c1-6-18-16(19-10-12-25(22,23)17(3,4)5)20-11-8-9-14(13-20)15(21)24-7-2/h14H,6-13H2,1-5H3,(H,18,19). The van der Waals surface area contributed by atoms with Crippen molar-refractivity contribution >= 4 is 21.8 Å². The summed E-state index contributed by atoms with van der Waals surface area (Å²) in [7, 11) is -3.20. The molecule has 7 nitrogen and oxygen atoms in total. The number of esters is 1. The average Bonchev–Trinajstić information content (AvgIpc) is 2.53. The van der Waals surface area contributed by atoms with Gasteiger partial charge in [0.25, 0.3) is 0 Å². The molecule has 0 aromatic heterocycles. The average molecular weight is 376 g/mol. The Hall–Kier alpha value is -1.31. The molecule has 1 aliphatic heterocycles. The molecule has 0 bridgehead atoms. The Morgan fingerprint density at radius 2 is 2.00 bits per heavy atom. The molecule has 0 amide bonds. The minimum Gasteiger partial charge on any atom is -0.466 e. The second-order valence-corrected chi connectivity index (χ2v) is 10.1. The number of hydrogen-bond donors (Lipinski definition) is 1. The Bertz CT molecular complexity index is 567. The fourth-order valence-corrected chi connectivity index (χ4v) is 3.57. The van der Waals surface area contributed by atoms with Crippen LogP contribution in [-0.2, 0) is 19.4 Å². The molecule has 0 saturated carbocycles. The highest BCUT2D eigenvalue weighted by atomic mass is 32.2. The van der Waals surface area contributed by atoms with Gasteiger partial charge in [-0.3, -0.25) is 9.79 Å².